The predicted molar refractivity (Wildman–Crippen MR) is 99.3 cm³/mol. The van der Waals surface area contributed by atoms with Gasteiger partial charge in [-0.05, 0) is 36.2 Å². The van der Waals surface area contributed by atoms with Gasteiger partial charge in [0.2, 0.25) is 0 Å². The normalized spacial score (nSPS) is 15.8. The van der Waals surface area contributed by atoms with Crippen molar-refractivity contribution in [1.82, 2.24) is 9.88 Å². The number of benzene rings is 2. The Hall–Kier alpha value is -2.46. The third kappa shape index (κ3) is 2.98. The van der Waals surface area contributed by atoms with Crippen molar-refractivity contribution in [3.63, 3.8) is 0 Å². The van der Waals surface area contributed by atoms with Crippen LogP contribution >= 0.6 is 11.6 Å². The summed E-state index contributed by atoms with van der Waals surface area (Å²) in [6.45, 7) is 3.23. The summed E-state index contributed by atoms with van der Waals surface area (Å²) >= 11 is 6.00. The van der Waals surface area contributed by atoms with Crippen LogP contribution in [0, 0.1) is 0 Å². The van der Waals surface area contributed by atoms with Crippen molar-refractivity contribution in [1.29, 1.82) is 0 Å². The molecule has 1 aliphatic rings. The zero-order chi connectivity index (χ0) is 17.4. The minimum atomic E-state index is -0.0844. The van der Waals surface area contributed by atoms with E-state index in [0.717, 1.165) is 28.6 Å². The monoisotopic (exact) mass is 354 g/mol. The molecule has 1 aliphatic heterocycles. The van der Waals surface area contributed by atoms with Crippen LogP contribution in [0.25, 0.3) is 10.9 Å². The highest BCUT2D eigenvalue weighted by Crippen LogP contribution is 2.34. The fourth-order valence-electron chi connectivity index (χ4n) is 3.32. The molecule has 0 bridgehead atoms. The van der Waals surface area contributed by atoms with E-state index in [0.29, 0.717) is 23.8 Å². The quantitative estimate of drug-likeness (QED) is 0.754. The van der Waals surface area contributed by atoms with Crippen LogP contribution < -0.4 is 10.1 Å². The van der Waals surface area contributed by atoms with Crippen LogP contribution in [0.4, 0.5) is 0 Å². The molecule has 0 saturated heterocycles. The Kier molecular flexibility index (Phi) is 4.14. The number of hydrogen-bond donors (Lipinski definition) is 1. The smallest absolute Gasteiger partial charge is 0.268 e. The van der Waals surface area contributed by atoms with Gasteiger partial charge >= 0.3 is 0 Å². The number of aromatic nitrogens is 1. The maximum absolute atomic E-state index is 12.8. The van der Waals surface area contributed by atoms with Crippen molar-refractivity contribution < 1.29 is 9.53 Å². The van der Waals surface area contributed by atoms with Crippen molar-refractivity contribution >= 4 is 28.4 Å². The first-order chi connectivity index (χ1) is 12.2. The average molecular weight is 355 g/mol. The second-order valence-electron chi connectivity index (χ2n) is 6.29. The number of ether oxygens (including phenoxy) is 1. The number of carbonyl (C=O) groups is 1. The van der Waals surface area contributed by atoms with Gasteiger partial charge in [-0.25, -0.2) is 0 Å². The molecule has 5 heteroatoms. The molecule has 1 N–H and O–H groups in total. The number of para-hydroxylation sites is 1. The van der Waals surface area contributed by atoms with Crippen LogP contribution in [0.3, 0.4) is 0 Å². The molecule has 3 aromatic rings. The molecule has 1 amide bonds. The van der Waals surface area contributed by atoms with Gasteiger partial charge in [-0.2, -0.15) is 0 Å². The van der Waals surface area contributed by atoms with E-state index in [1.54, 1.807) is 0 Å². The van der Waals surface area contributed by atoms with E-state index in [4.69, 9.17) is 16.3 Å². The van der Waals surface area contributed by atoms with Gasteiger partial charge in [-0.3, -0.25) is 4.79 Å². The molecule has 128 valence electrons. The summed E-state index contributed by atoms with van der Waals surface area (Å²) < 4.78 is 8.10. The molecular weight excluding hydrogens is 336 g/mol. The van der Waals surface area contributed by atoms with Gasteiger partial charge in [-0.1, -0.05) is 42.8 Å². The highest BCUT2D eigenvalue weighted by Gasteiger charge is 2.25. The highest BCUT2D eigenvalue weighted by atomic mass is 35.5. The summed E-state index contributed by atoms with van der Waals surface area (Å²) in [5, 5.41) is 4.69. The lowest BCUT2D eigenvalue weighted by Crippen LogP contribution is -2.31. The average Bonchev–Trinajstić information content (AvgIpc) is 3.00. The predicted octanol–water partition coefficient (Wildman–Crippen LogP) is 4.40. The molecule has 2 aromatic carbocycles. The number of nitrogens with one attached hydrogen (secondary N) is 1. The zero-order valence-electron chi connectivity index (χ0n) is 14.0. The number of carbonyl (C=O) groups excluding carboxylic acids is 1. The van der Waals surface area contributed by atoms with E-state index in [2.05, 4.69) is 16.8 Å². The minimum absolute atomic E-state index is 0.0844. The highest BCUT2D eigenvalue weighted by molar-refractivity contribution is 6.30. The van der Waals surface area contributed by atoms with Crippen LogP contribution in [0.15, 0.2) is 48.5 Å². The summed E-state index contributed by atoms with van der Waals surface area (Å²) in [4.78, 5) is 12.8. The molecule has 4 rings (SSSR count). The topological polar surface area (TPSA) is 43.3 Å². The maximum Gasteiger partial charge on any atom is 0.268 e. The van der Waals surface area contributed by atoms with E-state index >= 15 is 0 Å². The Morgan fingerprint density at radius 1 is 1.28 bits per heavy atom. The molecule has 1 unspecified atom stereocenters. The van der Waals surface area contributed by atoms with E-state index in [1.165, 1.54) is 0 Å². The van der Waals surface area contributed by atoms with E-state index in [1.807, 2.05) is 48.5 Å². The van der Waals surface area contributed by atoms with Gasteiger partial charge in [0.15, 0.2) is 0 Å². The lowest BCUT2D eigenvalue weighted by molar-refractivity contribution is 0.0935. The van der Waals surface area contributed by atoms with Crippen LogP contribution in [0.2, 0.25) is 5.02 Å². The van der Waals surface area contributed by atoms with Gasteiger partial charge in [-0.15, -0.1) is 0 Å². The molecule has 25 heavy (non-hydrogen) atoms. The summed E-state index contributed by atoms with van der Waals surface area (Å²) in [6.07, 6.45) is 0.988. The van der Waals surface area contributed by atoms with Crippen molar-refractivity contribution in [2.24, 2.45) is 0 Å². The third-order valence-electron chi connectivity index (χ3n) is 4.59. The number of nitrogens with zero attached hydrogens (tertiary/aromatic N) is 1. The Morgan fingerprint density at radius 3 is 2.92 bits per heavy atom. The fraction of sp³-hybridized carbons (Fsp3) is 0.250. The third-order valence-corrected chi connectivity index (χ3v) is 4.83. The summed E-state index contributed by atoms with van der Waals surface area (Å²) in [7, 11) is 0. The summed E-state index contributed by atoms with van der Waals surface area (Å²) in [5.74, 6) is 0.767. The molecule has 0 fully saturated rings. The first kappa shape index (κ1) is 16.0. The number of hydrogen-bond acceptors (Lipinski definition) is 2. The van der Waals surface area contributed by atoms with Gasteiger partial charge < -0.3 is 14.6 Å². The van der Waals surface area contributed by atoms with E-state index in [9.17, 15) is 4.79 Å². The first-order valence-corrected chi connectivity index (χ1v) is 8.85. The molecular formula is C20H19ClN2O2. The van der Waals surface area contributed by atoms with E-state index < -0.39 is 0 Å². The molecule has 1 aromatic heterocycles. The molecule has 0 aliphatic carbocycles. The fourth-order valence-corrected chi connectivity index (χ4v) is 3.53. The standard InChI is InChI=1S/C20H19ClN2O2/c1-2-16-12-23-17(10-14-6-4-8-18(25-16)19(14)23)20(24)22-11-13-5-3-7-15(21)9-13/h3-10,16H,2,11-12H2,1H3,(H,22,24). The van der Waals surface area contributed by atoms with Crippen LogP contribution in [-0.4, -0.2) is 16.6 Å². The lowest BCUT2D eigenvalue weighted by Gasteiger charge is -2.26. The van der Waals surface area contributed by atoms with Crippen LogP contribution in [-0.2, 0) is 13.1 Å². The van der Waals surface area contributed by atoms with Crippen molar-refractivity contribution in [3.05, 3.63) is 64.8 Å². The second kappa shape index (κ2) is 6.45. The molecule has 0 saturated carbocycles. The van der Waals surface area contributed by atoms with Crippen molar-refractivity contribution in [2.45, 2.75) is 32.5 Å². The van der Waals surface area contributed by atoms with Crippen molar-refractivity contribution in [3.8, 4) is 5.75 Å². The summed E-state index contributed by atoms with van der Waals surface area (Å²) in [5.41, 5.74) is 2.65. The number of halogens is 1. The SMILES string of the molecule is CCC1Cn2c(C(=O)NCc3cccc(Cl)c3)cc3cccc(c32)O1. The Balaban J connectivity index is 1.63. The molecule has 2 heterocycles. The van der Waals surface area contributed by atoms with Crippen molar-refractivity contribution in [2.75, 3.05) is 0 Å². The Bertz CT molecular complexity index is 948. The second-order valence-corrected chi connectivity index (χ2v) is 6.73. The molecule has 4 nitrogen and oxygen atoms in total. The summed E-state index contributed by atoms with van der Waals surface area (Å²) in [6, 6.07) is 15.4. The lowest BCUT2D eigenvalue weighted by atomic mass is 10.2. The Morgan fingerprint density at radius 2 is 2.12 bits per heavy atom. The zero-order valence-corrected chi connectivity index (χ0v) is 14.7. The van der Waals surface area contributed by atoms with Gasteiger partial charge in [0.05, 0.1) is 12.1 Å². The van der Waals surface area contributed by atoms with Crippen LogP contribution in [0.5, 0.6) is 5.75 Å². The van der Waals surface area contributed by atoms with Gasteiger partial charge in [0, 0.05) is 17.0 Å². The number of amides is 1. The Labute approximate surface area is 151 Å². The van der Waals surface area contributed by atoms with Gasteiger partial charge in [0.25, 0.3) is 5.91 Å². The molecule has 0 spiro atoms. The van der Waals surface area contributed by atoms with Gasteiger partial charge in [0.1, 0.15) is 17.5 Å². The minimum Gasteiger partial charge on any atom is -0.486 e. The maximum atomic E-state index is 12.8. The molecule has 1 atom stereocenters. The number of rotatable bonds is 4. The first-order valence-electron chi connectivity index (χ1n) is 8.47. The van der Waals surface area contributed by atoms with Crippen LogP contribution in [0.1, 0.15) is 29.4 Å². The van der Waals surface area contributed by atoms with E-state index in [-0.39, 0.29) is 12.0 Å². The molecule has 0 radical (unpaired) electrons. The largest absolute Gasteiger partial charge is 0.486 e.